The Morgan fingerprint density at radius 2 is 1.76 bits per heavy atom. The fraction of sp³-hybridized carbons (Fsp3) is 0. The van der Waals surface area contributed by atoms with Crippen LogP contribution in [-0.2, 0) is 0 Å². The summed E-state index contributed by atoms with van der Waals surface area (Å²) in [6.07, 6.45) is 1.28. The SMILES string of the molecule is NC(=O)c1cccc(C(=O)Nc2cc(C(=O)O)ccn2)c1. The Bertz CT molecular complexity index is 728. The highest BCUT2D eigenvalue weighted by Gasteiger charge is 2.11. The third-order valence-electron chi connectivity index (χ3n) is 2.66. The van der Waals surface area contributed by atoms with Gasteiger partial charge in [0, 0.05) is 17.3 Å². The van der Waals surface area contributed by atoms with Crippen molar-refractivity contribution in [3.05, 3.63) is 59.3 Å². The number of primary amides is 1. The second-order valence-corrected chi connectivity index (χ2v) is 4.13. The minimum absolute atomic E-state index is 0.00573. The zero-order valence-corrected chi connectivity index (χ0v) is 10.7. The van der Waals surface area contributed by atoms with Gasteiger partial charge < -0.3 is 16.2 Å². The molecule has 0 bridgehead atoms. The van der Waals surface area contributed by atoms with Crippen LogP contribution in [0.5, 0.6) is 0 Å². The second kappa shape index (κ2) is 5.83. The molecular formula is C14H11N3O4. The van der Waals surface area contributed by atoms with Gasteiger partial charge in [-0.25, -0.2) is 9.78 Å². The van der Waals surface area contributed by atoms with Crippen LogP contribution in [0.15, 0.2) is 42.6 Å². The van der Waals surface area contributed by atoms with E-state index in [1.807, 2.05) is 0 Å². The predicted octanol–water partition coefficient (Wildman–Crippen LogP) is 1.13. The largest absolute Gasteiger partial charge is 0.478 e. The molecule has 0 spiro atoms. The van der Waals surface area contributed by atoms with Gasteiger partial charge in [0.15, 0.2) is 0 Å². The first-order valence-corrected chi connectivity index (χ1v) is 5.88. The number of nitrogens with one attached hydrogen (secondary N) is 1. The standard InChI is InChI=1S/C14H11N3O4/c15-12(18)8-2-1-3-9(6-8)13(19)17-11-7-10(14(20)21)4-5-16-11/h1-7H,(H2,15,18)(H,20,21)(H,16,17,19). The van der Waals surface area contributed by atoms with Crippen LogP contribution in [0.1, 0.15) is 31.1 Å². The van der Waals surface area contributed by atoms with Gasteiger partial charge in [0.2, 0.25) is 5.91 Å². The molecule has 2 amide bonds. The summed E-state index contributed by atoms with van der Waals surface area (Å²) in [5.74, 6) is -2.18. The number of aromatic nitrogens is 1. The van der Waals surface area contributed by atoms with E-state index in [0.29, 0.717) is 0 Å². The molecule has 1 aromatic heterocycles. The van der Waals surface area contributed by atoms with Crippen LogP contribution in [0, 0.1) is 0 Å². The highest BCUT2D eigenvalue weighted by atomic mass is 16.4. The number of nitrogens with zero attached hydrogens (tertiary/aromatic N) is 1. The number of carboxylic acid groups (broad SMARTS) is 1. The third-order valence-corrected chi connectivity index (χ3v) is 2.66. The van der Waals surface area contributed by atoms with Gasteiger partial charge in [-0.05, 0) is 30.3 Å². The van der Waals surface area contributed by atoms with E-state index in [-0.39, 0.29) is 22.5 Å². The lowest BCUT2D eigenvalue weighted by molar-refractivity contribution is 0.0696. The number of carboxylic acids is 1. The van der Waals surface area contributed by atoms with E-state index in [4.69, 9.17) is 10.8 Å². The molecule has 0 saturated heterocycles. The molecule has 1 aromatic carbocycles. The summed E-state index contributed by atoms with van der Waals surface area (Å²) in [5, 5.41) is 11.3. The summed E-state index contributed by atoms with van der Waals surface area (Å²) < 4.78 is 0. The van der Waals surface area contributed by atoms with E-state index < -0.39 is 17.8 Å². The molecule has 0 atom stereocenters. The molecule has 0 aliphatic carbocycles. The predicted molar refractivity (Wildman–Crippen MR) is 74.1 cm³/mol. The van der Waals surface area contributed by atoms with E-state index in [9.17, 15) is 14.4 Å². The number of rotatable bonds is 4. The van der Waals surface area contributed by atoms with Crippen LogP contribution in [-0.4, -0.2) is 27.9 Å². The van der Waals surface area contributed by atoms with Gasteiger partial charge in [-0.3, -0.25) is 9.59 Å². The fourth-order valence-electron chi connectivity index (χ4n) is 1.63. The maximum absolute atomic E-state index is 12.0. The summed E-state index contributed by atoms with van der Waals surface area (Å²) >= 11 is 0. The van der Waals surface area contributed by atoms with Gasteiger partial charge >= 0.3 is 5.97 Å². The zero-order chi connectivity index (χ0) is 15.4. The second-order valence-electron chi connectivity index (χ2n) is 4.13. The van der Waals surface area contributed by atoms with E-state index in [1.54, 1.807) is 0 Å². The normalized spacial score (nSPS) is 9.90. The Labute approximate surface area is 119 Å². The quantitative estimate of drug-likeness (QED) is 0.777. The Morgan fingerprint density at radius 1 is 1.05 bits per heavy atom. The molecule has 0 fully saturated rings. The number of hydrogen-bond acceptors (Lipinski definition) is 4. The lowest BCUT2D eigenvalue weighted by Gasteiger charge is -2.06. The number of hydrogen-bond donors (Lipinski definition) is 3. The van der Waals surface area contributed by atoms with Crippen LogP contribution >= 0.6 is 0 Å². The molecule has 7 heteroatoms. The molecule has 2 aromatic rings. The number of carbonyl (C=O) groups excluding carboxylic acids is 2. The van der Waals surface area contributed by atoms with Crippen molar-refractivity contribution in [2.45, 2.75) is 0 Å². The smallest absolute Gasteiger partial charge is 0.335 e. The Hall–Kier alpha value is -3.22. The lowest BCUT2D eigenvalue weighted by Crippen LogP contribution is -2.16. The summed E-state index contributed by atoms with van der Waals surface area (Å²) in [6, 6.07) is 8.41. The van der Waals surface area contributed by atoms with Crippen molar-refractivity contribution < 1.29 is 19.5 Å². The molecule has 4 N–H and O–H groups in total. The summed E-state index contributed by atoms with van der Waals surface area (Å²) in [4.78, 5) is 37.8. The molecule has 1 heterocycles. The van der Waals surface area contributed by atoms with Gasteiger partial charge in [-0.2, -0.15) is 0 Å². The van der Waals surface area contributed by atoms with Crippen LogP contribution < -0.4 is 11.1 Å². The van der Waals surface area contributed by atoms with Crippen LogP contribution in [0.4, 0.5) is 5.82 Å². The zero-order valence-electron chi connectivity index (χ0n) is 10.7. The first-order valence-electron chi connectivity index (χ1n) is 5.88. The Balaban J connectivity index is 2.22. The highest BCUT2D eigenvalue weighted by Crippen LogP contribution is 2.10. The van der Waals surface area contributed by atoms with E-state index in [1.165, 1.54) is 42.6 Å². The van der Waals surface area contributed by atoms with Crippen molar-refractivity contribution in [2.24, 2.45) is 5.73 Å². The van der Waals surface area contributed by atoms with Crippen molar-refractivity contribution in [3.63, 3.8) is 0 Å². The van der Waals surface area contributed by atoms with Crippen molar-refractivity contribution in [1.29, 1.82) is 0 Å². The number of anilines is 1. The van der Waals surface area contributed by atoms with Gasteiger partial charge in [0.25, 0.3) is 5.91 Å². The third kappa shape index (κ3) is 3.41. The molecule has 7 nitrogen and oxygen atoms in total. The fourth-order valence-corrected chi connectivity index (χ4v) is 1.63. The van der Waals surface area contributed by atoms with E-state index in [0.717, 1.165) is 0 Å². The minimum atomic E-state index is -1.12. The topological polar surface area (TPSA) is 122 Å². The Kier molecular flexibility index (Phi) is 3.94. The molecular weight excluding hydrogens is 274 g/mol. The number of carbonyl (C=O) groups is 3. The molecule has 21 heavy (non-hydrogen) atoms. The maximum atomic E-state index is 12.0. The number of pyridine rings is 1. The molecule has 2 rings (SSSR count). The van der Waals surface area contributed by atoms with Crippen molar-refractivity contribution in [3.8, 4) is 0 Å². The van der Waals surface area contributed by atoms with Crippen LogP contribution in [0.3, 0.4) is 0 Å². The average Bonchev–Trinajstić information content (AvgIpc) is 2.47. The molecule has 0 saturated carbocycles. The van der Waals surface area contributed by atoms with E-state index >= 15 is 0 Å². The van der Waals surface area contributed by atoms with Crippen molar-refractivity contribution >= 4 is 23.6 Å². The maximum Gasteiger partial charge on any atom is 0.335 e. The van der Waals surface area contributed by atoms with Gasteiger partial charge in [0.1, 0.15) is 5.82 Å². The summed E-state index contributed by atoms with van der Waals surface area (Å²) in [5.41, 5.74) is 5.57. The summed E-state index contributed by atoms with van der Waals surface area (Å²) in [6.45, 7) is 0. The summed E-state index contributed by atoms with van der Waals surface area (Å²) in [7, 11) is 0. The molecule has 0 radical (unpaired) electrons. The lowest BCUT2D eigenvalue weighted by atomic mass is 10.1. The minimum Gasteiger partial charge on any atom is -0.478 e. The molecule has 0 unspecified atom stereocenters. The molecule has 0 aliphatic rings. The number of aromatic carboxylic acids is 1. The van der Waals surface area contributed by atoms with Gasteiger partial charge in [-0.15, -0.1) is 0 Å². The monoisotopic (exact) mass is 285 g/mol. The Morgan fingerprint density at radius 3 is 2.43 bits per heavy atom. The molecule has 0 aliphatic heterocycles. The van der Waals surface area contributed by atoms with E-state index in [2.05, 4.69) is 10.3 Å². The molecule has 106 valence electrons. The first-order chi connectivity index (χ1) is 9.97. The number of amides is 2. The van der Waals surface area contributed by atoms with Crippen LogP contribution in [0.25, 0.3) is 0 Å². The number of benzene rings is 1. The first kappa shape index (κ1) is 14.2. The van der Waals surface area contributed by atoms with Gasteiger partial charge in [-0.1, -0.05) is 6.07 Å². The number of nitrogens with two attached hydrogens (primary N) is 1. The van der Waals surface area contributed by atoms with Gasteiger partial charge in [0.05, 0.1) is 5.56 Å². The van der Waals surface area contributed by atoms with Crippen molar-refractivity contribution in [2.75, 3.05) is 5.32 Å². The average molecular weight is 285 g/mol. The van der Waals surface area contributed by atoms with Crippen molar-refractivity contribution in [1.82, 2.24) is 4.98 Å². The highest BCUT2D eigenvalue weighted by molar-refractivity contribution is 6.05. The van der Waals surface area contributed by atoms with Crippen LogP contribution in [0.2, 0.25) is 0 Å².